The molecule has 0 unspecified atom stereocenters. The van der Waals surface area contributed by atoms with E-state index in [2.05, 4.69) is 4.72 Å². The standard InChI is InChI=1S/C25H23N3O4S2/c1-18-7-9-20(17-23(18)25-14-8-19-5-2-3-6-24(19)26-25)27-34(31,32)22-12-10-21(11-13-22)28-15-4-16-33(28,29)30/h2-3,5-14,17,27H,4,15-16H2,1H3. The Labute approximate surface area is 199 Å². The molecule has 1 aliphatic heterocycles. The van der Waals surface area contributed by atoms with Gasteiger partial charge in [-0.2, -0.15) is 0 Å². The van der Waals surface area contributed by atoms with Crippen LogP contribution in [-0.2, 0) is 20.0 Å². The SMILES string of the molecule is Cc1ccc(NS(=O)(=O)c2ccc(N3CCCS3(=O)=O)cc2)cc1-c1ccc2ccccc2n1. The van der Waals surface area contributed by atoms with Gasteiger partial charge in [-0.25, -0.2) is 21.8 Å². The summed E-state index contributed by atoms with van der Waals surface area (Å²) in [7, 11) is -7.19. The molecule has 0 amide bonds. The minimum Gasteiger partial charge on any atom is -0.280 e. The van der Waals surface area contributed by atoms with E-state index in [4.69, 9.17) is 4.98 Å². The second kappa shape index (κ2) is 8.41. The summed E-state index contributed by atoms with van der Waals surface area (Å²) in [6, 6.07) is 23.0. The van der Waals surface area contributed by atoms with Crippen molar-refractivity contribution in [3.8, 4) is 11.3 Å². The Morgan fingerprint density at radius 1 is 0.941 bits per heavy atom. The maximum atomic E-state index is 13.0. The van der Waals surface area contributed by atoms with Crippen LogP contribution in [0.4, 0.5) is 11.4 Å². The Balaban J connectivity index is 1.42. The second-order valence-electron chi connectivity index (χ2n) is 8.26. The molecule has 1 saturated heterocycles. The van der Waals surface area contributed by atoms with Gasteiger partial charge in [-0.3, -0.25) is 9.03 Å². The molecule has 1 N–H and O–H groups in total. The predicted octanol–water partition coefficient (Wildman–Crippen LogP) is 4.55. The van der Waals surface area contributed by atoms with Crippen molar-refractivity contribution in [3.63, 3.8) is 0 Å². The third-order valence-electron chi connectivity index (χ3n) is 5.90. The largest absolute Gasteiger partial charge is 0.280 e. The molecule has 1 aliphatic rings. The number of rotatable bonds is 5. The highest BCUT2D eigenvalue weighted by atomic mass is 32.2. The highest BCUT2D eigenvalue weighted by Crippen LogP contribution is 2.29. The molecule has 0 atom stereocenters. The maximum absolute atomic E-state index is 13.0. The number of para-hydroxylation sites is 1. The summed E-state index contributed by atoms with van der Waals surface area (Å²) in [5.41, 5.74) is 4.32. The Kier molecular flexibility index (Phi) is 5.53. The van der Waals surface area contributed by atoms with Crippen molar-refractivity contribution in [2.24, 2.45) is 0 Å². The summed E-state index contributed by atoms with van der Waals surface area (Å²) in [6.07, 6.45) is 0.561. The number of anilines is 2. The van der Waals surface area contributed by atoms with Gasteiger partial charge in [0.25, 0.3) is 10.0 Å². The third-order valence-corrected chi connectivity index (χ3v) is 9.17. The van der Waals surface area contributed by atoms with E-state index in [0.29, 0.717) is 24.3 Å². The average Bonchev–Trinajstić information content (AvgIpc) is 3.19. The lowest BCUT2D eigenvalue weighted by Crippen LogP contribution is -2.25. The Bertz CT molecular complexity index is 1600. The Hall–Kier alpha value is -3.43. The van der Waals surface area contributed by atoms with Gasteiger partial charge in [0.05, 0.1) is 27.5 Å². The number of aryl methyl sites for hydroxylation is 1. The van der Waals surface area contributed by atoms with Gasteiger partial charge in [0.2, 0.25) is 10.0 Å². The third kappa shape index (κ3) is 4.24. The van der Waals surface area contributed by atoms with Crippen molar-refractivity contribution < 1.29 is 16.8 Å². The lowest BCUT2D eigenvalue weighted by molar-refractivity contribution is 0.599. The van der Waals surface area contributed by atoms with Crippen LogP contribution in [0.3, 0.4) is 0 Å². The summed E-state index contributed by atoms with van der Waals surface area (Å²) < 4.78 is 54.2. The molecule has 2 heterocycles. The number of nitrogens with zero attached hydrogens (tertiary/aromatic N) is 2. The zero-order valence-corrected chi connectivity index (χ0v) is 20.1. The van der Waals surface area contributed by atoms with Crippen LogP contribution in [0, 0.1) is 6.92 Å². The van der Waals surface area contributed by atoms with Crippen LogP contribution in [0.2, 0.25) is 0 Å². The van der Waals surface area contributed by atoms with Crippen LogP contribution < -0.4 is 9.03 Å². The molecular weight excluding hydrogens is 470 g/mol. The fourth-order valence-electron chi connectivity index (χ4n) is 4.11. The van der Waals surface area contributed by atoms with Gasteiger partial charge in [-0.1, -0.05) is 30.3 Å². The van der Waals surface area contributed by atoms with Crippen molar-refractivity contribution in [1.82, 2.24) is 4.98 Å². The van der Waals surface area contributed by atoms with Crippen molar-refractivity contribution in [3.05, 3.63) is 84.4 Å². The zero-order chi connectivity index (χ0) is 23.9. The molecule has 9 heteroatoms. The van der Waals surface area contributed by atoms with Crippen molar-refractivity contribution >= 4 is 42.3 Å². The normalized spacial score (nSPS) is 15.5. The molecule has 1 aromatic heterocycles. The molecule has 0 spiro atoms. The lowest BCUT2D eigenvalue weighted by atomic mass is 10.0. The van der Waals surface area contributed by atoms with Crippen molar-refractivity contribution in [2.75, 3.05) is 21.3 Å². The highest BCUT2D eigenvalue weighted by Gasteiger charge is 2.28. The van der Waals surface area contributed by atoms with Gasteiger partial charge in [-0.05, 0) is 67.4 Å². The van der Waals surface area contributed by atoms with Gasteiger partial charge >= 0.3 is 0 Å². The summed E-state index contributed by atoms with van der Waals surface area (Å²) in [5, 5.41) is 1.03. The van der Waals surface area contributed by atoms with E-state index in [-0.39, 0.29) is 10.6 Å². The van der Waals surface area contributed by atoms with Crippen LogP contribution in [-0.4, -0.2) is 34.1 Å². The van der Waals surface area contributed by atoms with E-state index in [1.54, 1.807) is 12.1 Å². The molecule has 0 aliphatic carbocycles. The molecule has 3 aromatic carbocycles. The summed E-state index contributed by atoms with van der Waals surface area (Å²) in [5.74, 6) is 0.108. The summed E-state index contributed by atoms with van der Waals surface area (Å²) >= 11 is 0. The number of sulfonamides is 2. The van der Waals surface area contributed by atoms with Crippen molar-refractivity contribution in [2.45, 2.75) is 18.2 Å². The number of hydrogen-bond acceptors (Lipinski definition) is 5. The summed E-state index contributed by atoms with van der Waals surface area (Å²) in [4.78, 5) is 4.78. The van der Waals surface area contributed by atoms with Crippen LogP contribution >= 0.6 is 0 Å². The van der Waals surface area contributed by atoms with E-state index in [0.717, 1.165) is 27.7 Å². The number of benzene rings is 3. The first-order chi connectivity index (χ1) is 16.2. The number of fused-ring (bicyclic) bond motifs is 1. The average molecular weight is 494 g/mol. The number of pyridine rings is 1. The van der Waals surface area contributed by atoms with Crippen LogP contribution in [0.1, 0.15) is 12.0 Å². The molecule has 5 rings (SSSR count). The van der Waals surface area contributed by atoms with E-state index in [1.165, 1.54) is 28.6 Å². The quantitative estimate of drug-likeness (QED) is 0.440. The van der Waals surface area contributed by atoms with E-state index >= 15 is 0 Å². The first-order valence-corrected chi connectivity index (χ1v) is 13.9. The minimum atomic E-state index is -3.87. The molecule has 0 saturated carbocycles. The lowest BCUT2D eigenvalue weighted by Gasteiger charge is -2.17. The molecule has 0 bridgehead atoms. The van der Waals surface area contributed by atoms with Gasteiger partial charge < -0.3 is 0 Å². The van der Waals surface area contributed by atoms with Crippen molar-refractivity contribution in [1.29, 1.82) is 0 Å². The fourth-order valence-corrected chi connectivity index (χ4v) is 6.73. The van der Waals surface area contributed by atoms with E-state index in [1.807, 2.05) is 49.4 Å². The summed E-state index contributed by atoms with van der Waals surface area (Å²) in [6.45, 7) is 2.36. The molecule has 4 aromatic rings. The molecule has 34 heavy (non-hydrogen) atoms. The minimum absolute atomic E-state index is 0.0544. The molecule has 0 radical (unpaired) electrons. The smallest absolute Gasteiger partial charge is 0.261 e. The fraction of sp³-hybridized carbons (Fsp3) is 0.160. The highest BCUT2D eigenvalue weighted by molar-refractivity contribution is 7.93. The van der Waals surface area contributed by atoms with Gasteiger partial charge in [-0.15, -0.1) is 0 Å². The van der Waals surface area contributed by atoms with Crippen LogP contribution in [0.15, 0.2) is 83.8 Å². The molecule has 7 nitrogen and oxygen atoms in total. The number of hydrogen-bond donors (Lipinski definition) is 1. The Morgan fingerprint density at radius 2 is 1.71 bits per heavy atom. The molecular formula is C25H23N3O4S2. The van der Waals surface area contributed by atoms with Crippen LogP contribution in [0.25, 0.3) is 22.2 Å². The van der Waals surface area contributed by atoms with Crippen LogP contribution in [0.5, 0.6) is 0 Å². The first-order valence-electron chi connectivity index (χ1n) is 10.8. The van der Waals surface area contributed by atoms with E-state index < -0.39 is 20.0 Å². The molecule has 174 valence electrons. The molecule has 1 fully saturated rings. The second-order valence-corrected chi connectivity index (χ2v) is 12.0. The maximum Gasteiger partial charge on any atom is 0.261 e. The number of nitrogens with one attached hydrogen (secondary N) is 1. The number of aromatic nitrogens is 1. The predicted molar refractivity (Wildman–Crippen MR) is 135 cm³/mol. The van der Waals surface area contributed by atoms with Gasteiger partial charge in [0, 0.05) is 23.2 Å². The van der Waals surface area contributed by atoms with Gasteiger partial charge in [0.1, 0.15) is 0 Å². The Morgan fingerprint density at radius 3 is 2.44 bits per heavy atom. The van der Waals surface area contributed by atoms with E-state index in [9.17, 15) is 16.8 Å². The first kappa shape index (κ1) is 22.4. The van der Waals surface area contributed by atoms with Gasteiger partial charge in [0.15, 0.2) is 0 Å². The zero-order valence-electron chi connectivity index (χ0n) is 18.5. The monoisotopic (exact) mass is 493 g/mol. The topological polar surface area (TPSA) is 96.4 Å².